The molecule has 1 amide bonds. The summed E-state index contributed by atoms with van der Waals surface area (Å²) < 4.78 is 1.90. The van der Waals surface area contributed by atoms with E-state index in [4.69, 9.17) is 0 Å². The van der Waals surface area contributed by atoms with E-state index in [1.165, 1.54) is 0 Å². The quantitative estimate of drug-likeness (QED) is 0.867. The maximum absolute atomic E-state index is 13.0. The van der Waals surface area contributed by atoms with Gasteiger partial charge in [0.05, 0.1) is 17.5 Å². The molecule has 6 nitrogen and oxygen atoms in total. The lowest BCUT2D eigenvalue weighted by Gasteiger charge is -2.22. The molecule has 1 aliphatic rings. The Labute approximate surface area is 143 Å². The van der Waals surface area contributed by atoms with E-state index in [0.717, 1.165) is 29.8 Å². The molecule has 3 rings (SSSR count). The lowest BCUT2D eigenvalue weighted by atomic mass is 10.1. The molecule has 0 radical (unpaired) electrons. The van der Waals surface area contributed by atoms with Gasteiger partial charge < -0.3 is 9.80 Å². The first-order chi connectivity index (χ1) is 11.3. The maximum atomic E-state index is 13.0. The predicted molar refractivity (Wildman–Crippen MR) is 95.2 cm³/mol. The van der Waals surface area contributed by atoms with Gasteiger partial charge in [0.2, 0.25) is 0 Å². The monoisotopic (exact) mass is 329 g/mol. The fourth-order valence-corrected chi connectivity index (χ4v) is 3.62. The summed E-state index contributed by atoms with van der Waals surface area (Å²) >= 11 is 0. The third-order valence-electron chi connectivity index (χ3n) is 5.00. The number of hydrogen-bond donors (Lipinski definition) is 0. The highest BCUT2D eigenvalue weighted by Gasteiger charge is 2.34. The van der Waals surface area contributed by atoms with E-state index < -0.39 is 0 Å². The van der Waals surface area contributed by atoms with E-state index in [-0.39, 0.29) is 11.9 Å². The molecule has 3 heterocycles. The Morgan fingerprint density at radius 1 is 1.33 bits per heavy atom. The number of fused-ring (bicyclic) bond motifs is 1. The molecule has 1 fully saturated rings. The zero-order chi connectivity index (χ0) is 17.6. The average Bonchev–Trinajstić information content (AvgIpc) is 3.08. The van der Waals surface area contributed by atoms with Gasteiger partial charge in [-0.25, -0.2) is 9.67 Å². The topological polar surface area (TPSA) is 54.3 Å². The number of nitrogens with zero attached hydrogens (tertiary/aromatic N) is 5. The lowest BCUT2D eigenvalue weighted by Crippen LogP contribution is -2.36. The van der Waals surface area contributed by atoms with E-state index in [1.807, 2.05) is 22.6 Å². The summed E-state index contributed by atoms with van der Waals surface area (Å²) in [6.45, 7) is 9.84. The Bertz CT molecular complexity index is 764. The van der Waals surface area contributed by atoms with Crippen molar-refractivity contribution >= 4 is 16.9 Å². The summed E-state index contributed by atoms with van der Waals surface area (Å²) in [5.41, 5.74) is 2.31. The van der Waals surface area contributed by atoms with Crippen LogP contribution in [0.25, 0.3) is 11.0 Å². The number of likely N-dealkylation sites (N-methyl/N-ethyl adjacent to an activating group) is 1. The average molecular weight is 329 g/mol. The molecule has 130 valence electrons. The molecule has 0 bridgehead atoms. The summed E-state index contributed by atoms with van der Waals surface area (Å²) in [6, 6.07) is 2.60. The molecule has 6 heteroatoms. The number of rotatable bonds is 3. The molecule has 2 aromatic rings. The van der Waals surface area contributed by atoms with E-state index in [2.05, 4.69) is 49.8 Å². The molecule has 0 unspecified atom stereocenters. The van der Waals surface area contributed by atoms with Gasteiger partial charge in [0.15, 0.2) is 5.65 Å². The van der Waals surface area contributed by atoms with Gasteiger partial charge in [-0.05, 0) is 46.9 Å². The van der Waals surface area contributed by atoms with Crippen molar-refractivity contribution in [2.75, 3.05) is 27.2 Å². The minimum Gasteiger partial charge on any atom is -0.337 e. The van der Waals surface area contributed by atoms with Crippen molar-refractivity contribution in [1.29, 1.82) is 0 Å². The fraction of sp³-hybridized carbons (Fsp3) is 0.611. The Morgan fingerprint density at radius 2 is 2.04 bits per heavy atom. The van der Waals surface area contributed by atoms with Gasteiger partial charge in [-0.2, -0.15) is 5.10 Å². The van der Waals surface area contributed by atoms with Gasteiger partial charge in [-0.3, -0.25) is 4.79 Å². The Balaban J connectivity index is 1.92. The SMILES string of the molecule is Cc1nc2c(cnn2C(C)C)cc1C(=O)N1C[C@@H](C)[C@H](N(C)C)C1. The van der Waals surface area contributed by atoms with Gasteiger partial charge in [0, 0.05) is 30.6 Å². The molecule has 0 spiro atoms. The van der Waals surface area contributed by atoms with Crippen LogP contribution < -0.4 is 0 Å². The van der Waals surface area contributed by atoms with Gasteiger partial charge >= 0.3 is 0 Å². The van der Waals surface area contributed by atoms with Gasteiger partial charge in [-0.15, -0.1) is 0 Å². The molecular weight excluding hydrogens is 302 g/mol. The fourth-order valence-electron chi connectivity index (χ4n) is 3.62. The van der Waals surface area contributed by atoms with Crippen molar-refractivity contribution in [2.45, 2.75) is 39.8 Å². The number of hydrogen-bond acceptors (Lipinski definition) is 4. The van der Waals surface area contributed by atoms with Crippen LogP contribution >= 0.6 is 0 Å². The van der Waals surface area contributed by atoms with Crippen molar-refractivity contribution in [2.24, 2.45) is 5.92 Å². The number of amides is 1. The van der Waals surface area contributed by atoms with E-state index in [9.17, 15) is 4.79 Å². The number of aromatic nitrogens is 3. The highest BCUT2D eigenvalue weighted by atomic mass is 16.2. The highest BCUT2D eigenvalue weighted by molar-refractivity contribution is 5.98. The number of pyridine rings is 1. The molecular formula is C18H27N5O. The van der Waals surface area contributed by atoms with E-state index >= 15 is 0 Å². The molecule has 0 aliphatic carbocycles. The first-order valence-corrected chi connectivity index (χ1v) is 8.60. The number of aryl methyl sites for hydroxylation is 1. The van der Waals surface area contributed by atoms with E-state index in [0.29, 0.717) is 17.5 Å². The van der Waals surface area contributed by atoms with Crippen LogP contribution in [0.5, 0.6) is 0 Å². The zero-order valence-electron chi connectivity index (χ0n) is 15.4. The van der Waals surface area contributed by atoms with Crippen molar-refractivity contribution in [1.82, 2.24) is 24.6 Å². The van der Waals surface area contributed by atoms with Crippen molar-refractivity contribution in [3.8, 4) is 0 Å². The number of carbonyl (C=O) groups is 1. The van der Waals surface area contributed by atoms with Gasteiger partial charge in [-0.1, -0.05) is 6.92 Å². The van der Waals surface area contributed by atoms with Crippen LogP contribution in [0.1, 0.15) is 42.9 Å². The maximum Gasteiger partial charge on any atom is 0.255 e. The first kappa shape index (κ1) is 16.9. The van der Waals surface area contributed by atoms with Gasteiger partial charge in [0.25, 0.3) is 5.91 Å². The van der Waals surface area contributed by atoms with Crippen molar-refractivity contribution in [3.63, 3.8) is 0 Å². The summed E-state index contributed by atoms with van der Waals surface area (Å²) in [5.74, 6) is 0.556. The normalized spacial score (nSPS) is 21.4. The van der Waals surface area contributed by atoms with Crippen LogP contribution in [0.4, 0.5) is 0 Å². The molecule has 0 aromatic carbocycles. The third kappa shape index (κ3) is 2.79. The second-order valence-electron chi connectivity index (χ2n) is 7.44. The van der Waals surface area contributed by atoms with Crippen LogP contribution in [0, 0.1) is 12.8 Å². The molecule has 0 saturated carbocycles. The Kier molecular flexibility index (Phi) is 4.34. The second kappa shape index (κ2) is 6.16. The molecule has 24 heavy (non-hydrogen) atoms. The number of carbonyl (C=O) groups excluding carboxylic acids is 1. The summed E-state index contributed by atoms with van der Waals surface area (Å²) in [6.07, 6.45) is 1.80. The van der Waals surface area contributed by atoms with Crippen LogP contribution in [-0.4, -0.2) is 63.7 Å². The van der Waals surface area contributed by atoms with Crippen LogP contribution in [0.15, 0.2) is 12.3 Å². The van der Waals surface area contributed by atoms with Crippen molar-refractivity contribution < 1.29 is 4.79 Å². The zero-order valence-corrected chi connectivity index (χ0v) is 15.4. The lowest BCUT2D eigenvalue weighted by molar-refractivity contribution is 0.0780. The second-order valence-corrected chi connectivity index (χ2v) is 7.44. The standard InChI is InChI=1S/C18H27N5O/c1-11(2)23-17-14(8-19-23)7-15(13(4)20-17)18(24)22-9-12(3)16(10-22)21(5)6/h7-8,11-12,16H,9-10H2,1-6H3/t12-,16-/m1/s1. The molecule has 0 N–H and O–H groups in total. The Hall–Kier alpha value is -1.95. The summed E-state index contributed by atoms with van der Waals surface area (Å²) in [5, 5.41) is 5.33. The first-order valence-electron chi connectivity index (χ1n) is 8.60. The van der Waals surface area contributed by atoms with Crippen LogP contribution in [0.3, 0.4) is 0 Å². The Morgan fingerprint density at radius 3 is 2.62 bits per heavy atom. The van der Waals surface area contributed by atoms with Crippen LogP contribution in [0.2, 0.25) is 0 Å². The molecule has 1 saturated heterocycles. The van der Waals surface area contributed by atoms with Crippen molar-refractivity contribution in [3.05, 3.63) is 23.5 Å². The summed E-state index contributed by atoms with van der Waals surface area (Å²) in [7, 11) is 4.16. The summed E-state index contributed by atoms with van der Waals surface area (Å²) in [4.78, 5) is 21.8. The smallest absolute Gasteiger partial charge is 0.255 e. The van der Waals surface area contributed by atoms with Gasteiger partial charge in [0.1, 0.15) is 0 Å². The molecule has 1 aliphatic heterocycles. The minimum atomic E-state index is 0.0791. The molecule has 2 atom stereocenters. The third-order valence-corrected chi connectivity index (χ3v) is 5.00. The van der Waals surface area contributed by atoms with E-state index in [1.54, 1.807) is 6.20 Å². The predicted octanol–water partition coefficient (Wildman–Crippen LogP) is 2.34. The van der Waals surface area contributed by atoms with Crippen LogP contribution in [-0.2, 0) is 0 Å². The highest BCUT2D eigenvalue weighted by Crippen LogP contribution is 2.25. The largest absolute Gasteiger partial charge is 0.337 e. The minimum absolute atomic E-state index is 0.0791. The number of likely N-dealkylation sites (tertiary alicyclic amines) is 1. The molecule has 2 aromatic heterocycles.